The Labute approximate surface area is 125 Å². The van der Waals surface area contributed by atoms with Crippen LogP contribution in [0.4, 0.5) is 0 Å². The zero-order valence-corrected chi connectivity index (χ0v) is 12.4. The maximum Gasteiger partial charge on any atom is 0.249 e. The Morgan fingerprint density at radius 1 is 1.33 bits per heavy atom. The molecule has 1 aromatic carbocycles. The van der Waals surface area contributed by atoms with E-state index in [4.69, 9.17) is 15.2 Å². The van der Waals surface area contributed by atoms with Crippen molar-refractivity contribution in [3.05, 3.63) is 29.3 Å². The van der Waals surface area contributed by atoms with E-state index in [1.54, 1.807) is 6.07 Å². The maximum absolute atomic E-state index is 11.4. The third-order valence-corrected chi connectivity index (χ3v) is 4.41. The molecule has 1 saturated heterocycles. The molecule has 1 saturated carbocycles. The van der Waals surface area contributed by atoms with Crippen molar-refractivity contribution in [2.24, 2.45) is 5.73 Å². The number of hydrogen-bond acceptors (Lipinski definition) is 4. The first-order chi connectivity index (χ1) is 10.1. The highest BCUT2D eigenvalue weighted by molar-refractivity contribution is 5.94. The van der Waals surface area contributed by atoms with Crippen molar-refractivity contribution in [2.45, 2.75) is 31.9 Å². The molecule has 3 rings (SSSR count). The molecule has 5 heteroatoms. The molecule has 5 nitrogen and oxygen atoms in total. The molecule has 0 aromatic heterocycles. The minimum Gasteiger partial charge on any atom is -0.490 e. The number of amides is 1. The van der Waals surface area contributed by atoms with Crippen LogP contribution in [0, 0.1) is 6.92 Å². The lowest BCUT2D eigenvalue weighted by molar-refractivity contribution is -0.0373. The van der Waals surface area contributed by atoms with Gasteiger partial charge in [0, 0.05) is 37.5 Å². The highest BCUT2D eigenvalue weighted by Gasteiger charge is 2.35. The molecule has 1 aliphatic carbocycles. The highest BCUT2D eigenvalue weighted by atomic mass is 16.5. The van der Waals surface area contributed by atoms with Gasteiger partial charge in [-0.3, -0.25) is 9.69 Å². The maximum atomic E-state index is 11.4. The molecule has 2 fully saturated rings. The molecule has 1 aromatic rings. The van der Waals surface area contributed by atoms with Crippen molar-refractivity contribution in [1.82, 2.24) is 4.90 Å². The average molecular weight is 290 g/mol. The molecule has 0 atom stereocenters. The third kappa shape index (κ3) is 3.19. The number of ether oxygens (including phenoxy) is 2. The Bertz CT molecular complexity index is 520. The van der Waals surface area contributed by atoms with Gasteiger partial charge in [0.25, 0.3) is 0 Å². The number of rotatable bonds is 4. The Morgan fingerprint density at radius 2 is 2.05 bits per heavy atom. The molecule has 2 aliphatic rings. The van der Waals surface area contributed by atoms with Gasteiger partial charge in [-0.05, 0) is 24.6 Å². The molecule has 1 heterocycles. The van der Waals surface area contributed by atoms with Crippen LogP contribution in [-0.2, 0) is 4.74 Å². The largest absolute Gasteiger partial charge is 0.490 e. The summed E-state index contributed by atoms with van der Waals surface area (Å²) >= 11 is 0. The van der Waals surface area contributed by atoms with Crippen molar-refractivity contribution >= 4 is 5.91 Å². The van der Waals surface area contributed by atoms with Crippen LogP contribution < -0.4 is 10.5 Å². The monoisotopic (exact) mass is 290 g/mol. The lowest BCUT2D eigenvalue weighted by Crippen LogP contribution is -2.52. The smallest absolute Gasteiger partial charge is 0.249 e. The second-order valence-corrected chi connectivity index (χ2v) is 5.85. The number of carbonyl (C=O) groups is 1. The molecule has 0 unspecified atom stereocenters. The van der Waals surface area contributed by atoms with Crippen LogP contribution in [-0.4, -0.2) is 49.3 Å². The van der Waals surface area contributed by atoms with Crippen LogP contribution >= 0.6 is 0 Å². The lowest BCUT2D eigenvalue weighted by atomic mass is 9.87. The highest BCUT2D eigenvalue weighted by Crippen LogP contribution is 2.31. The first-order valence-corrected chi connectivity index (χ1v) is 7.52. The Hall–Kier alpha value is -1.59. The van der Waals surface area contributed by atoms with E-state index < -0.39 is 5.91 Å². The van der Waals surface area contributed by atoms with E-state index in [9.17, 15) is 4.79 Å². The number of hydrogen-bond donors (Lipinski definition) is 1. The van der Waals surface area contributed by atoms with Crippen LogP contribution in [0.25, 0.3) is 0 Å². The van der Waals surface area contributed by atoms with E-state index in [1.807, 2.05) is 19.1 Å². The third-order valence-electron chi connectivity index (χ3n) is 4.41. The van der Waals surface area contributed by atoms with Crippen molar-refractivity contribution < 1.29 is 14.3 Å². The number of carbonyl (C=O) groups excluding carboxylic acids is 1. The normalized spacial score (nSPS) is 26.1. The van der Waals surface area contributed by atoms with Gasteiger partial charge < -0.3 is 15.2 Å². The summed E-state index contributed by atoms with van der Waals surface area (Å²) in [5, 5.41) is 0. The number of nitrogens with two attached hydrogens (primary N) is 1. The van der Waals surface area contributed by atoms with E-state index in [-0.39, 0.29) is 6.10 Å². The fraction of sp³-hybridized carbons (Fsp3) is 0.562. The molecule has 1 aliphatic heterocycles. The number of primary amides is 1. The van der Waals surface area contributed by atoms with Gasteiger partial charge in [-0.15, -0.1) is 0 Å². The van der Waals surface area contributed by atoms with Crippen LogP contribution in [0.2, 0.25) is 0 Å². The van der Waals surface area contributed by atoms with Crippen LogP contribution in [0.15, 0.2) is 18.2 Å². The van der Waals surface area contributed by atoms with Gasteiger partial charge in [-0.2, -0.15) is 0 Å². The minimum atomic E-state index is -0.405. The standard InChI is InChI=1S/C16H22N2O3/c1-11-2-3-13(10-15(11)16(17)19)21-14-8-12(9-14)18-4-6-20-7-5-18/h2-3,10,12,14H,4-9H2,1H3,(H2,17,19). The summed E-state index contributed by atoms with van der Waals surface area (Å²) in [6.45, 7) is 5.59. The predicted molar refractivity (Wildman–Crippen MR) is 79.5 cm³/mol. The van der Waals surface area contributed by atoms with Gasteiger partial charge in [-0.1, -0.05) is 6.07 Å². The molecule has 0 radical (unpaired) electrons. The first kappa shape index (κ1) is 14.4. The number of benzene rings is 1. The summed E-state index contributed by atoms with van der Waals surface area (Å²) in [6, 6.07) is 6.15. The van der Waals surface area contributed by atoms with Gasteiger partial charge in [0.05, 0.1) is 13.2 Å². The second kappa shape index (κ2) is 6.03. The van der Waals surface area contributed by atoms with Crippen molar-refractivity contribution in [2.75, 3.05) is 26.3 Å². The van der Waals surface area contributed by atoms with Gasteiger partial charge in [0.2, 0.25) is 5.91 Å². The van der Waals surface area contributed by atoms with Crippen molar-refractivity contribution in [1.29, 1.82) is 0 Å². The predicted octanol–water partition coefficient (Wildman–Crippen LogP) is 1.34. The molecule has 21 heavy (non-hydrogen) atoms. The van der Waals surface area contributed by atoms with Gasteiger partial charge in [-0.25, -0.2) is 0 Å². The number of nitrogens with zero attached hydrogens (tertiary/aromatic N) is 1. The topological polar surface area (TPSA) is 64.8 Å². The summed E-state index contributed by atoms with van der Waals surface area (Å²) in [5.74, 6) is 0.331. The SMILES string of the molecule is Cc1ccc(OC2CC(N3CCOCC3)C2)cc1C(N)=O. The summed E-state index contributed by atoms with van der Waals surface area (Å²) in [4.78, 5) is 13.8. The first-order valence-electron chi connectivity index (χ1n) is 7.52. The fourth-order valence-corrected chi connectivity index (χ4v) is 3.01. The van der Waals surface area contributed by atoms with Gasteiger partial charge >= 0.3 is 0 Å². The van der Waals surface area contributed by atoms with E-state index in [2.05, 4.69) is 4.90 Å². The van der Waals surface area contributed by atoms with Crippen LogP contribution in [0.5, 0.6) is 5.75 Å². The van der Waals surface area contributed by atoms with Crippen molar-refractivity contribution in [3.63, 3.8) is 0 Å². The lowest BCUT2D eigenvalue weighted by Gasteiger charge is -2.44. The molecule has 0 bridgehead atoms. The van der Waals surface area contributed by atoms with Crippen molar-refractivity contribution in [3.8, 4) is 5.75 Å². The summed E-state index contributed by atoms with van der Waals surface area (Å²) in [7, 11) is 0. The average Bonchev–Trinajstić information content (AvgIpc) is 2.44. The number of morpholine rings is 1. The van der Waals surface area contributed by atoms with E-state index in [0.29, 0.717) is 11.6 Å². The molecular formula is C16H22N2O3. The second-order valence-electron chi connectivity index (χ2n) is 5.85. The summed E-state index contributed by atoms with van der Waals surface area (Å²) in [6.07, 6.45) is 2.32. The fourth-order valence-electron chi connectivity index (χ4n) is 3.01. The Kier molecular flexibility index (Phi) is 4.12. The van der Waals surface area contributed by atoms with E-state index in [0.717, 1.165) is 50.5 Å². The molecule has 114 valence electrons. The number of aryl methyl sites for hydroxylation is 1. The Balaban J connectivity index is 1.54. The van der Waals surface area contributed by atoms with Crippen LogP contribution in [0.1, 0.15) is 28.8 Å². The van der Waals surface area contributed by atoms with Crippen LogP contribution in [0.3, 0.4) is 0 Å². The zero-order valence-electron chi connectivity index (χ0n) is 12.4. The van der Waals surface area contributed by atoms with E-state index in [1.165, 1.54) is 0 Å². The van der Waals surface area contributed by atoms with Gasteiger partial charge in [0.15, 0.2) is 0 Å². The van der Waals surface area contributed by atoms with Gasteiger partial charge in [0.1, 0.15) is 11.9 Å². The zero-order chi connectivity index (χ0) is 14.8. The molecule has 2 N–H and O–H groups in total. The molecular weight excluding hydrogens is 268 g/mol. The van der Waals surface area contributed by atoms with E-state index >= 15 is 0 Å². The minimum absolute atomic E-state index is 0.237. The molecule has 1 amide bonds. The summed E-state index contributed by atoms with van der Waals surface area (Å²) < 4.78 is 11.3. The quantitative estimate of drug-likeness (QED) is 0.908. The molecule has 0 spiro atoms. The summed E-state index contributed by atoms with van der Waals surface area (Å²) in [5.41, 5.74) is 6.79. The Morgan fingerprint density at radius 3 is 2.71 bits per heavy atom.